The average Bonchev–Trinajstić information content (AvgIpc) is 3.16. The third-order valence-corrected chi connectivity index (χ3v) is 5.35. The first-order valence-electron chi connectivity index (χ1n) is 8.43. The fourth-order valence-corrected chi connectivity index (χ4v) is 4.11. The molecule has 27 heavy (non-hydrogen) atoms. The van der Waals surface area contributed by atoms with Gasteiger partial charge in [-0.2, -0.15) is 15.2 Å². The minimum absolute atomic E-state index is 0.155. The van der Waals surface area contributed by atoms with Crippen LogP contribution in [0.5, 0.6) is 0 Å². The molecule has 1 aliphatic carbocycles. The number of alkyl halides is 2. The van der Waals surface area contributed by atoms with Gasteiger partial charge in [0.25, 0.3) is 11.5 Å². The summed E-state index contributed by atoms with van der Waals surface area (Å²) in [7, 11) is 0. The highest BCUT2D eigenvalue weighted by molar-refractivity contribution is 5.95. The van der Waals surface area contributed by atoms with Crippen molar-refractivity contribution in [1.82, 2.24) is 34.8 Å². The topological polar surface area (TPSA) is 113 Å². The molecular formula is C16H15F2N7O2. The van der Waals surface area contributed by atoms with Gasteiger partial charge in [-0.3, -0.25) is 19.7 Å². The molecule has 3 aromatic rings. The van der Waals surface area contributed by atoms with Crippen LogP contribution in [0, 0.1) is 12.3 Å². The summed E-state index contributed by atoms with van der Waals surface area (Å²) in [6, 6.07) is 0. The average molecular weight is 375 g/mol. The number of hydrogen-bond acceptors (Lipinski definition) is 5. The van der Waals surface area contributed by atoms with Crippen molar-refractivity contribution >= 4 is 16.9 Å². The van der Waals surface area contributed by atoms with Gasteiger partial charge in [-0.25, -0.2) is 13.5 Å². The second kappa shape index (κ2) is 4.99. The van der Waals surface area contributed by atoms with E-state index in [0.717, 1.165) is 0 Å². The Labute approximate surface area is 150 Å². The molecule has 2 fully saturated rings. The van der Waals surface area contributed by atoms with Gasteiger partial charge in [0.2, 0.25) is 11.9 Å². The zero-order chi connectivity index (χ0) is 19.0. The normalized spacial score (nSPS) is 19.9. The predicted molar refractivity (Wildman–Crippen MR) is 88.9 cm³/mol. The molecule has 11 heteroatoms. The molecule has 140 valence electrons. The van der Waals surface area contributed by atoms with Crippen LogP contribution in [0.15, 0.2) is 17.2 Å². The number of carbonyl (C=O) groups excluding carboxylic acids is 1. The maximum absolute atomic E-state index is 13.1. The van der Waals surface area contributed by atoms with Crippen LogP contribution in [0.4, 0.5) is 8.78 Å². The van der Waals surface area contributed by atoms with Crippen LogP contribution in [0.2, 0.25) is 0 Å². The van der Waals surface area contributed by atoms with Gasteiger partial charge in [0.1, 0.15) is 5.39 Å². The lowest BCUT2D eigenvalue weighted by atomic mass is 9.61. The fourth-order valence-electron chi connectivity index (χ4n) is 4.11. The van der Waals surface area contributed by atoms with Crippen molar-refractivity contribution in [2.24, 2.45) is 5.41 Å². The summed E-state index contributed by atoms with van der Waals surface area (Å²) in [5, 5.41) is 10.9. The van der Waals surface area contributed by atoms with Gasteiger partial charge in [-0.1, -0.05) is 0 Å². The molecular weight excluding hydrogens is 360 g/mol. The molecule has 0 bridgehead atoms. The van der Waals surface area contributed by atoms with Crippen LogP contribution in [0.25, 0.3) is 17.0 Å². The van der Waals surface area contributed by atoms with Crippen molar-refractivity contribution in [3.05, 3.63) is 34.0 Å². The van der Waals surface area contributed by atoms with Crippen molar-refractivity contribution in [1.29, 1.82) is 0 Å². The first-order chi connectivity index (χ1) is 12.8. The van der Waals surface area contributed by atoms with Gasteiger partial charge in [-0.05, 0) is 6.92 Å². The first kappa shape index (κ1) is 16.1. The van der Waals surface area contributed by atoms with E-state index in [1.165, 1.54) is 17.1 Å². The molecule has 3 aromatic heterocycles. The molecule has 1 saturated heterocycles. The SMILES string of the molecule is Cc1c(C(=O)N2CC3(C2)CC(F)(F)C3)cnn1-c1nc2[nH]ncc2c(=O)[nH]1. The Morgan fingerprint density at radius 1 is 1.26 bits per heavy atom. The van der Waals surface area contributed by atoms with E-state index in [2.05, 4.69) is 25.3 Å². The van der Waals surface area contributed by atoms with Crippen molar-refractivity contribution in [3.63, 3.8) is 0 Å². The second-order valence-electron chi connectivity index (χ2n) is 7.45. The minimum Gasteiger partial charge on any atom is -0.337 e. The smallest absolute Gasteiger partial charge is 0.263 e. The molecule has 0 aromatic carbocycles. The van der Waals surface area contributed by atoms with E-state index < -0.39 is 11.3 Å². The third-order valence-electron chi connectivity index (χ3n) is 5.35. The Balaban J connectivity index is 1.40. The van der Waals surface area contributed by atoms with Crippen molar-refractivity contribution in [2.45, 2.75) is 25.7 Å². The number of H-pyrrole nitrogens is 2. The second-order valence-corrected chi connectivity index (χ2v) is 7.45. The summed E-state index contributed by atoms with van der Waals surface area (Å²) in [6.45, 7) is 2.35. The van der Waals surface area contributed by atoms with E-state index >= 15 is 0 Å². The first-order valence-corrected chi connectivity index (χ1v) is 8.43. The Morgan fingerprint density at radius 3 is 2.70 bits per heavy atom. The van der Waals surface area contributed by atoms with Gasteiger partial charge in [0.05, 0.1) is 23.7 Å². The van der Waals surface area contributed by atoms with Gasteiger partial charge < -0.3 is 4.90 Å². The third kappa shape index (κ3) is 2.30. The largest absolute Gasteiger partial charge is 0.337 e. The molecule has 2 N–H and O–H groups in total. The van der Waals surface area contributed by atoms with Gasteiger partial charge in [-0.15, -0.1) is 0 Å². The maximum Gasteiger partial charge on any atom is 0.263 e. The number of hydrogen-bond donors (Lipinski definition) is 2. The number of halogens is 2. The van der Waals surface area contributed by atoms with Crippen molar-refractivity contribution in [3.8, 4) is 5.95 Å². The van der Waals surface area contributed by atoms with E-state index in [4.69, 9.17) is 0 Å². The van der Waals surface area contributed by atoms with Crippen LogP contribution in [0.1, 0.15) is 28.9 Å². The summed E-state index contributed by atoms with van der Waals surface area (Å²) in [4.78, 5) is 33.2. The summed E-state index contributed by atoms with van der Waals surface area (Å²) in [6.07, 6.45) is 2.46. The molecule has 1 saturated carbocycles. The number of nitrogens with zero attached hydrogens (tertiary/aromatic N) is 5. The van der Waals surface area contributed by atoms with E-state index in [1.54, 1.807) is 11.8 Å². The van der Waals surface area contributed by atoms with Crippen LogP contribution < -0.4 is 5.56 Å². The molecule has 9 nitrogen and oxygen atoms in total. The summed E-state index contributed by atoms with van der Waals surface area (Å²) < 4.78 is 27.6. The van der Waals surface area contributed by atoms with Crippen LogP contribution >= 0.6 is 0 Å². The Morgan fingerprint density at radius 2 is 2.00 bits per heavy atom. The maximum atomic E-state index is 13.1. The lowest BCUT2D eigenvalue weighted by Crippen LogP contribution is -2.66. The number of aromatic amines is 2. The van der Waals surface area contributed by atoms with E-state index in [-0.39, 0.29) is 30.3 Å². The lowest BCUT2D eigenvalue weighted by Gasteiger charge is -2.58. The Hall–Kier alpha value is -3.11. The standard InChI is InChI=1S/C16H15F2N7O2/c1-8-9(13(27)24-6-15(7-24)4-16(17,18)5-15)3-20-25(8)14-21-11-10(2-19-23-11)12(26)22-14/h2-3H,4-7H2,1H3,(H2,19,21,22,23,26). The van der Waals surface area contributed by atoms with Gasteiger partial charge in [0.15, 0.2) is 5.65 Å². The number of nitrogens with one attached hydrogen (secondary N) is 2. The zero-order valence-electron chi connectivity index (χ0n) is 14.3. The van der Waals surface area contributed by atoms with Crippen molar-refractivity contribution in [2.75, 3.05) is 13.1 Å². The molecule has 1 spiro atoms. The number of aromatic nitrogens is 6. The predicted octanol–water partition coefficient (Wildman–Crippen LogP) is 1.01. The van der Waals surface area contributed by atoms with E-state index in [1.807, 2.05) is 0 Å². The Kier molecular flexibility index (Phi) is 2.97. The quantitative estimate of drug-likeness (QED) is 0.694. The van der Waals surface area contributed by atoms with Crippen molar-refractivity contribution < 1.29 is 13.6 Å². The highest BCUT2D eigenvalue weighted by Gasteiger charge is 2.62. The van der Waals surface area contributed by atoms with Crippen LogP contribution in [0.3, 0.4) is 0 Å². The number of rotatable bonds is 2. The highest BCUT2D eigenvalue weighted by Crippen LogP contribution is 2.56. The molecule has 1 aliphatic heterocycles. The monoisotopic (exact) mass is 375 g/mol. The molecule has 0 radical (unpaired) electrons. The number of fused-ring (bicyclic) bond motifs is 1. The zero-order valence-corrected chi connectivity index (χ0v) is 14.3. The number of carbonyl (C=O) groups is 1. The molecule has 2 aliphatic rings. The number of likely N-dealkylation sites (tertiary alicyclic amines) is 1. The molecule has 0 unspecified atom stereocenters. The minimum atomic E-state index is -2.60. The summed E-state index contributed by atoms with van der Waals surface area (Å²) in [5.74, 6) is -2.70. The van der Waals surface area contributed by atoms with Gasteiger partial charge in [0, 0.05) is 31.3 Å². The fraction of sp³-hybridized carbons (Fsp3) is 0.438. The summed E-state index contributed by atoms with van der Waals surface area (Å²) >= 11 is 0. The van der Waals surface area contributed by atoms with E-state index in [0.29, 0.717) is 35.4 Å². The number of amides is 1. The van der Waals surface area contributed by atoms with Gasteiger partial charge >= 0.3 is 0 Å². The molecule has 1 amide bonds. The molecule has 0 atom stereocenters. The highest BCUT2D eigenvalue weighted by atomic mass is 19.3. The molecule has 4 heterocycles. The molecule has 5 rings (SSSR count). The summed E-state index contributed by atoms with van der Waals surface area (Å²) in [5.41, 5.74) is 0.362. The Bertz CT molecular complexity index is 1130. The van der Waals surface area contributed by atoms with E-state index in [9.17, 15) is 18.4 Å². The van der Waals surface area contributed by atoms with Crippen LogP contribution in [-0.4, -0.2) is 59.8 Å². The van der Waals surface area contributed by atoms with Crippen LogP contribution in [-0.2, 0) is 0 Å². The lowest BCUT2D eigenvalue weighted by molar-refractivity contribution is -0.203.